The van der Waals surface area contributed by atoms with E-state index in [1.807, 2.05) is 6.07 Å². The van der Waals surface area contributed by atoms with Crippen molar-refractivity contribution >= 4 is 38.9 Å². The summed E-state index contributed by atoms with van der Waals surface area (Å²) in [6.45, 7) is 1.65. The van der Waals surface area contributed by atoms with E-state index in [0.717, 1.165) is 0 Å². The zero-order chi connectivity index (χ0) is 15.6. The fourth-order valence-corrected chi connectivity index (χ4v) is 3.49. The molecule has 0 aliphatic heterocycles. The zero-order valence-corrected chi connectivity index (χ0v) is 13.2. The van der Waals surface area contributed by atoms with E-state index in [-0.39, 0.29) is 26.2 Å². The van der Waals surface area contributed by atoms with E-state index in [9.17, 15) is 8.42 Å². The van der Waals surface area contributed by atoms with Gasteiger partial charge in [-0.1, -0.05) is 35.3 Å². The highest BCUT2D eigenvalue weighted by Crippen LogP contribution is 2.31. The predicted molar refractivity (Wildman–Crippen MR) is 83.2 cm³/mol. The second-order valence-corrected chi connectivity index (χ2v) is 6.73. The van der Waals surface area contributed by atoms with Crippen LogP contribution in [0.5, 0.6) is 0 Å². The summed E-state index contributed by atoms with van der Waals surface area (Å²) in [6, 6.07) is 11.0. The molecule has 2 rings (SSSR count). The predicted octanol–water partition coefficient (Wildman–Crippen LogP) is 3.97. The molecule has 108 valence electrons. The normalized spacial score (nSPS) is 11.0. The summed E-state index contributed by atoms with van der Waals surface area (Å²) in [5.74, 6) is 0. The second kappa shape index (κ2) is 5.94. The molecular weight excluding hydrogens is 331 g/mol. The van der Waals surface area contributed by atoms with Crippen LogP contribution in [-0.4, -0.2) is 8.42 Å². The zero-order valence-electron chi connectivity index (χ0n) is 10.9. The maximum Gasteiger partial charge on any atom is 0.262 e. The van der Waals surface area contributed by atoms with E-state index in [1.165, 1.54) is 12.1 Å². The molecule has 0 aromatic heterocycles. The maximum atomic E-state index is 12.4. The molecule has 0 fully saturated rings. The van der Waals surface area contributed by atoms with Crippen molar-refractivity contribution in [3.63, 3.8) is 0 Å². The quantitative estimate of drug-likeness (QED) is 0.918. The number of sulfonamides is 1. The Morgan fingerprint density at radius 3 is 2.57 bits per heavy atom. The molecule has 0 radical (unpaired) electrons. The van der Waals surface area contributed by atoms with Crippen LogP contribution in [0.4, 0.5) is 5.69 Å². The molecule has 1 N–H and O–H groups in total. The lowest BCUT2D eigenvalue weighted by Gasteiger charge is -2.12. The number of nitrogens with zero attached hydrogens (tertiary/aromatic N) is 1. The highest BCUT2D eigenvalue weighted by Gasteiger charge is 2.19. The lowest BCUT2D eigenvalue weighted by atomic mass is 10.2. The van der Waals surface area contributed by atoms with Gasteiger partial charge in [-0.3, -0.25) is 4.72 Å². The smallest absolute Gasteiger partial charge is 0.262 e. The van der Waals surface area contributed by atoms with Crippen LogP contribution < -0.4 is 4.72 Å². The summed E-state index contributed by atoms with van der Waals surface area (Å²) >= 11 is 11.8. The molecule has 0 spiro atoms. The average molecular weight is 341 g/mol. The fourth-order valence-electron chi connectivity index (χ4n) is 1.74. The molecule has 0 unspecified atom stereocenters. The number of nitriles is 1. The molecule has 0 bridgehead atoms. The highest BCUT2D eigenvalue weighted by molar-refractivity contribution is 7.92. The first kappa shape index (κ1) is 15.6. The molecular formula is C14H10Cl2N2O2S. The second-order valence-electron chi connectivity index (χ2n) is 4.30. The van der Waals surface area contributed by atoms with Crippen LogP contribution in [-0.2, 0) is 10.0 Å². The molecule has 0 aliphatic carbocycles. The van der Waals surface area contributed by atoms with Gasteiger partial charge in [0.2, 0.25) is 0 Å². The number of halogens is 2. The van der Waals surface area contributed by atoms with Crippen molar-refractivity contribution < 1.29 is 8.42 Å². The third kappa shape index (κ3) is 3.30. The molecule has 2 aromatic rings. The molecule has 0 atom stereocenters. The first-order valence-corrected chi connectivity index (χ1v) is 8.06. The molecule has 0 amide bonds. The van der Waals surface area contributed by atoms with Crippen LogP contribution in [0.15, 0.2) is 41.3 Å². The summed E-state index contributed by atoms with van der Waals surface area (Å²) in [6.07, 6.45) is 0. The number of hydrogen-bond donors (Lipinski definition) is 1. The van der Waals surface area contributed by atoms with Gasteiger partial charge in [0.25, 0.3) is 10.0 Å². The Morgan fingerprint density at radius 2 is 1.90 bits per heavy atom. The van der Waals surface area contributed by atoms with Gasteiger partial charge in [-0.15, -0.1) is 0 Å². The Labute approximate surface area is 133 Å². The minimum atomic E-state index is -3.86. The van der Waals surface area contributed by atoms with Gasteiger partial charge >= 0.3 is 0 Å². The van der Waals surface area contributed by atoms with Crippen molar-refractivity contribution in [1.29, 1.82) is 5.26 Å². The Bertz CT molecular complexity index is 843. The third-order valence-corrected chi connectivity index (χ3v) is 5.13. The third-order valence-electron chi connectivity index (χ3n) is 2.80. The first-order valence-electron chi connectivity index (χ1n) is 5.83. The molecule has 2 aromatic carbocycles. The monoisotopic (exact) mass is 340 g/mol. The van der Waals surface area contributed by atoms with E-state index >= 15 is 0 Å². The SMILES string of the molecule is Cc1ccc(C#N)cc1S(=O)(=O)Nc1cccc(Cl)c1Cl. The molecule has 0 saturated carbocycles. The van der Waals surface area contributed by atoms with Crippen LogP contribution in [0.25, 0.3) is 0 Å². The van der Waals surface area contributed by atoms with Crippen molar-refractivity contribution in [2.75, 3.05) is 4.72 Å². The topological polar surface area (TPSA) is 70.0 Å². The summed E-state index contributed by atoms with van der Waals surface area (Å²) < 4.78 is 27.2. The molecule has 0 saturated heterocycles. The van der Waals surface area contributed by atoms with Gasteiger partial charge in [-0.25, -0.2) is 8.42 Å². The van der Waals surface area contributed by atoms with Crippen molar-refractivity contribution in [2.45, 2.75) is 11.8 Å². The van der Waals surface area contributed by atoms with E-state index in [4.69, 9.17) is 28.5 Å². The average Bonchev–Trinajstić information content (AvgIpc) is 2.44. The largest absolute Gasteiger partial charge is 0.278 e. The number of aryl methyl sites for hydroxylation is 1. The van der Waals surface area contributed by atoms with Gasteiger partial charge in [0.05, 0.1) is 32.3 Å². The number of hydrogen-bond acceptors (Lipinski definition) is 3. The maximum absolute atomic E-state index is 12.4. The molecule has 21 heavy (non-hydrogen) atoms. The summed E-state index contributed by atoms with van der Waals surface area (Å²) in [5.41, 5.74) is 0.976. The number of nitrogens with one attached hydrogen (secondary N) is 1. The molecule has 4 nitrogen and oxygen atoms in total. The van der Waals surface area contributed by atoms with E-state index < -0.39 is 10.0 Å². The standard InChI is InChI=1S/C14H10Cl2N2O2S/c1-9-5-6-10(8-17)7-13(9)21(19,20)18-12-4-2-3-11(15)14(12)16/h2-7,18H,1H3. The van der Waals surface area contributed by atoms with Crippen LogP contribution in [0.2, 0.25) is 10.0 Å². The Hall–Kier alpha value is -1.74. The van der Waals surface area contributed by atoms with Crippen molar-refractivity contribution in [1.82, 2.24) is 0 Å². The Morgan fingerprint density at radius 1 is 1.19 bits per heavy atom. The van der Waals surface area contributed by atoms with E-state index in [2.05, 4.69) is 4.72 Å². The fraction of sp³-hybridized carbons (Fsp3) is 0.0714. The van der Waals surface area contributed by atoms with Crippen molar-refractivity contribution in [3.8, 4) is 6.07 Å². The molecule has 0 heterocycles. The lowest BCUT2D eigenvalue weighted by Crippen LogP contribution is -2.14. The van der Waals surface area contributed by atoms with E-state index in [1.54, 1.807) is 31.2 Å². The first-order chi connectivity index (χ1) is 9.85. The minimum Gasteiger partial charge on any atom is -0.278 e. The number of benzene rings is 2. The number of anilines is 1. The van der Waals surface area contributed by atoms with Gasteiger partial charge in [0.1, 0.15) is 0 Å². The highest BCUT2D eigenvalue weighted by atomic mass is 35.5. The molecule has 0 aliphatic rings. The van der Waals surface area contributed by atoms with Crippen molar-refractivity contribution in [2.24, 2.45) is 0 Å². The molecule has 7 heteroatoms. The van der Waals surface area contributed by atoms with Crippen LogP contribution in [0, 0.1) is 18.3 Å². The van der Waals surface area contributed by atoms with Crippen LogP contribution in [0.1, 0.15) is 11.1 Å². The van der Waals surface area contributed by atoms with E-state index in [0.29, 0.717) is 5.56 Å². The van der Waals surface area contributed by atoms with Gasteiger partial charge in [-0.05, 0) is 36.8 Å². The Kier molecular flexibility index (Phi) is 4.43. The lowest BCUT2D eigenvalue weighted by molar-refractivity contribution is 0.600. The Balaban J connectivity index is 2.49. The van der Waals surface area contributed by atoms with Gasteiger partial charge in [-0.2, -0.15) is 5.26 Å². The van der Waals surface area contributed by atoms with Crippen LogP contribution in [0.3, 0.4) is 0 Å². The minimum absolute atomic E-state index is 0.0255. The van der Waals surface area contributed by atoms with Gasteiger partial charge in [0.15, 0.2) is 0 Å². The van der Waals surface area contributed by atoms with Crippen molar-refractivity contribution in [3.05, 3.63) is 57.6 Å². The van der Waals surface area contributed by atoms with Gasteiger partial charge < -0.3 is 0 Å². The summed E-state index contributed by atoms with van der Waals surface area (Å²) in [7, 11) is -3.86. The number of rotatable bonds is 3. The van der Waals surface area contributed by atoms with Gasteiger partial charge in [0, 0.05) is 0 Å². The summed E-state index contributed by atoms with van der Waals surface area (Å²) in [4.78, 5) is 0.0255. The van der Waals surface area contributed by atoms with Crippen LogP contribution >= 0.6 is 23.2 Å². The summed E-state index contributed by atoms with van der Waals surface area (Å²) in [5, 5.41) is 9.26.